The molecule has 3 rings (SSSR count). The normalized spacial score (nSPS) is 21.1. The Kier molecular flexibility index (Phi) is 11.3. The van der Waals surface area contributed by atoms with E-state index in [0.29, 0.717) is 49.4 Å². The van der Waals surface area contributed by atoms with Crippen molar-refractivity contribution in [3.8, 4) is 17.2 Å². The fourth-order valence-corrected chi connectivity index (χ4v) is 5.58. The molecule has 40 heavy (non-hydrogen) atoms. The maximum atomic E-state index is 13.5. The molecule has 1 atom stereocenters. The first-order chi connectivity index (χ1) is 19.1. The summed E-state index contributed by atoms with van der Waals surface area (Å²) in [6.45, 7) is 17.4. The van der Waals surface area contributed by atoms with Crippen molar-refractivity contribution >= 4 is 12.0 Å². The number of rotatable bonds is 11. The molecule has 0 bridgehead atoms. The third-order valence-corrected chi connectivity index (χ3v) is 7.55. The molecule has 1 aromatic carbocycles. The van der Waals surface area contributed by atoms with Crippen molar-refractivity contribution in [3.63, 3.8) is 0 Å². The number of ether oxygens (including phenoxy) is 4. The Morgan fingerprint density at radius 1 is 1.10 bits per heavy atom. The molecule has 1 aromatic rings. The zero-order valence-corrected chi connectivity index (χ0v) is 25.0. The Hall–Kier alpha value is -3.19. The van der Waals surface area contributed by atoms with E-state index in [4.69, 9.17) is 25.5 Å². The van der Waals surface area contributed by atoms with Gasteiger partial charge in [0, 0.05) is 44.2 Å². The van der Waals surface area contributed by atoms with Crippen LogP contribution in [-0.4, -0.2) is 80.1 Å². The van der Waals surface area contributed by atoms with Gasteiger partial charge in [0.25, 0.3) is 0 Å². The molecule has 0 spiro atoms. The predicted octanol–water partition coefficient (Wildman–Crippen LogP) is 4.86. The molecule has 2 fully saturated rings. The largest absolute Gasteiger partial charge is 0.496 e. The lowest BCUT2D eigenvalue weighted by Gasteiger charge is -2.37. The van der Waals surface area contributed by atoms with E-state index < -0.39 is 11.7 Å². The summed E-state index contributed by atoms with van der Waals surface area (Å²) in [5, 5.41) is 2.91. The first kappa shape index (κ1) is 31.3. The molecule has 2 aliphatic rings. The second-order valence-corrected chi connectivity index (χ2v) is 11.5. The minimum absolute atomic E-state index is 0.0175. The number of hydrogen-bond acceptors (Lipinski definition) is 7. The van der Waals surface area contributed by atoms with Gasteiger partial charge in [0.1, 0.15) is 22.8 Å². The van der Waals surface area contributed by atoms with Crippen LogP contribution in [0.15, 0.2) is 12.1 Å². The zero-order chi connectivity index (χ0) is 29.3. The van der Waals surface area contributed by atoms with Gasteiger partial charge in [-0.05, 0) is 65.7 Å². The van der Waals surface area contributed by atoms with Crippen molar-refractivity contribution in [1.82, 2.24) is 15.1 Å². The quantitative estimate of drug-likeness (QED) is 0.388. The van der Waals surface area contributed by atoms with Crippen LogP contribution < -0.4 is 19.5 Å². The summed E-state index contributed by atoms with van der Waals surface area (Å²) in [4.78, 5) is 33.2. The van der Waals surface area contributed by atoms with Gasteiger partial charge in [-0.15, -0.1) is 0 Å². The number of carbonyl (C=O) groups is 2. The maximum absolute atomic E-state index is 13.5. The Morgan fingerprint density at radius 3 is 2.30 bits per heavy atom. The van der Waals surface area contributed by atoms with Crippen LogP contribution in [-0.2, 0) is 16.1 Å². The van der Waals surface area contributed by atoms with Crippen LogP contribution in [0.5, 0.6) is 17.2 Å². The summed E-state index contributed by atoms with van der Waals surface area (Å²) in [5.41, 5.74) is 0.331. The molecular formula is C30H46N4O6. The highest BCUT2D eigenvalue weighted by Crippen LogP contribution is 2.37. The van der Waals surface area contributed by atoms with Crippen molar-refractivity contribution in [3.05, 3.63) is 29.1 Å². The van der Waals surface area contributed by atoms with Gasteiger partial charge in [-0.2, -0.15) is 0 Å². The lowest BCUT2D eigenvalue weighted by Crippen LogP contribution is -2.47. The molecular weight excluding hydrogens is 512 g/mol. The molecule has 2 amide bonds. The number of nitrogens with zero attached hydrogens (tertiary/aromatic N) is 3. The number of nitrogens with one attached hydrogen (secondary N) is 1. The van der Waals surface area contributed by atoms with Gasteiger partial charge < -0.3 is 24.3 Å². The van der Waals surface area contributed by atoms with Crippen molar-refractivity contribution in [2.45, 2.75) is 90.6 Å². The van der Waals surface area contributed by atoms with E-state index in [2.05, 4.69) is 15.1 Å². The molecule has 1 N–H and O–H groups in total. The average Bonchev–Trinajstić information content (AvgIpc) is 3.40. The van der Waals surface area contributed by atoms with E-state index in [-0.39, 0.29) is 24.7 Å². The fourth-order valence-electron chi connectivity index (χ4n) is 5.58. The number of methoxy groups -OCH3 is 2. The van der Waals surface area contributed by atoms with Gasteiger partial charge in [0.2, 0.25) is 5.91 Å². The van der Waals surface area contributed by atoms with Gasteiger partial charge in [0.05, 0.1) is 32.9 Å². The molecule has 1 saturated heterocycles. The third kappa shape index (κ3) is 8.65. The van der Waals surface area contributed by atoms with Crippen LogP contribution in [0.3, 0.4) is 0 Å². The topological polar surface area (TPSA) is 93.9 Å². The smallest absolute Gasteiger partial charge is 0.407 e. The lowest BCUT2D eigenvalue weighted by molar-refractivity contribution is -0.133. The molecule has 1 aliphatic heterocycles. The van der Waals surface area contributed by atoms with Crippen LogP contribution in [0, 0.1) is 12.5 Å². The van der Waals surface area contributed by atoms with Gasteiger partial charge in [0.15, 0.2) is 0 Å². The number of likely N-dealkylation sites (tertiary alicyclic amines) is 1. The highest BCUT2D eigenvalue weighted by atomic mass is 16.6. The first-order valence-corrected chi connectivity index (χ1v) is 14.3. The van der Waals surface area contributed by atoms with E-state index in [1.54, 1.807) is 19.1 Å². The predicted molar refractivity (Wildman–Crippen MR) is 152 cm³/mol. The van der Waals surface area contributed by atoms with Gasteiger partial charge in [-0.3, -0.25) is 19.4 Å². The Bertz CT molecular complexity index is 1020. The van der Waals surface area contributed by atoms with Crippen molar-refractivity contribution in [1.29, 1.82) is 0 Å². The van der Waals surface area contributed by atoms with Crippen molar-refractivity contribution < 1.29 is 28.5 Å². The second-order valence-electron chi connectivity index (χ2n) is 11.5. The molecule has 10 heteroatoms. The second kappa shape index (κ2) is 14.4. The highest BCUT2D eigenvalue weighted by Gasteiger charge is 2.36. The Balaban J connectivity index is 1.75. The molecule has 0 unspecified atom stereocenters. The summed E-state index contributed by atoms with van der Waals surface area (Å²) in [6, 6.07) is 3.88. The van der Waals surface area contributed by atoms with E-state index in [0.717, 1.165) is 44.1 Å². The molecule has 1 heterocycles. The van der Waals surface area contributed by atoms with E-state index in [9.17, 15) is 9.59 Å². The van der Waals surface area contributed by atoms with Gasteiger partial charge >= 0.3 is 12.3 Å². The average molecular weight is 559 g/mol. The standard InChI is InChI=1S/C30H46N4O6/c1-8-39-23-16-25(37-6)24(26(17-23)38-7)19-33(20-28(35)34-15-9-10-27(34)31-5)22-13-11-21(12-14-22)18-32-29(36)40-30(2,3)4/h16-17,21-22,27H,8-15,18-20H2,1-4,6-7H3,(H,32,36)/t21?,22?,27-/m0/s1. The summed E-state index contributed by atoms with van der Waals surface area (Å²) >= 11 is 0. The monoisotopic (exact) mass is 558 g/mol. The minimum atomic E-state index is -0.528. The number of alkyl carbamates (subject to hydrolysis) is 1. The Morgan fingerprint density at radius 2 is 1.75 bits per heavy atom. The minimum Gasteiger partial charge on any atom is -0.496 e. The lowest BCUT2D eigenvalue weighted by atomic mass is 9.85. The molecule has 1 saturated carbocycles. The number of amides is 2. The van der Waals surface area contributed by atoms with E-state index in [1.807, 2.05) is 39.8 Å². The highest BCUT2D eigenvalue weighted by molar-refractivity contribution is 5.79. The zero-order valence-electron chi connectivity index (χ0n) is 25.0. The van der Waals surface area contributed by atoms with Crippen LogP contribution in [0.1, 0.15) is 71.8 Å². The van der Waals surface area contributed by atoms with Gasteiger partial charge in [-0.25, -0.2) is 11.4 Å². The van der Waals surface area contributed by atoms with Crippen LogP contribution in [0.25, 0.3) is 4.85 Å². The molecule has 222 valence electrons. The number of benzene rings is 1. The van der Waals surface area contributed by atoms with Crippen molar-refractivity contribution in [2.75, 3.05) is 40.5 Å². The summed E-state index contributed by atoms with van der Waals surface area (Å²) in [5.74, 6) is 2.29. The molecule has 0 aromatic heterocycles. The third-order valence-electron chi connectivity index (χ3n) is 7.55. The molecule has 1 aliphatic carbocycles. The first-order valence-electron chi connectivity index (χ1n) is 14.3. The fraction of sp³-hybridized carbons (Fsp3) is 0.700. The summed E-state index contributed by atoms with van der Waals surface area (Å²) in [6.07, 6.45) is 4.45. The number of carbonyl (C=O) groups excluding carboxylic acids is 2. The summed E-state index contributed by atoms with van der Waals surface area (Å²) in [7, 11) is 3.24. The van der Waals surface area contributed by atoms with Crippen molar-refractivity contribution in [2.24, 2.45) is 5.92 Å². The number of hydrogen-bond donors (Lipinski definition) is 1. The summed E-state index contributed by atoms with van der Waals surface area (Å²) < 4.78 is 22.5. The van der Waals surface area contributed by atoms with Crippen LogP contribution >= 0.6 is 0 Å². The Labute approximate surface area is 239 Å². The van der Waals surface area contributed by atoms with Gasteiger partial charge in [-0.1, -0.05) is 0 Å². The SMILES string of the molecule is [C-]#[N+][C@@H]1CCCN1C(=O)CN(Cc1c(OC)cc(OCC)cc1OC)C1CCC(CNC(=O)OC(C)(C)C)CC1. The van der Waals surface area contributed by atoms with Crippen LogP contribution in [0.4, 0.5) is 4.79 Å². The van der Waals surface area contributed by atoms with E-state index in [1.165, 1.54) is 0 Å². The van der Waals surface area contributed by atoms with Crippen LogP contribution in [0.2, 0.25) is 0 Å². The molecule has 0 radical (unpaired) electrons. The maximum Gasteiger partial charge on any atom is 0.407 e. The molecule has 10 nitrogen and oxygen atoms in total. The van der Waals surface area contributed by atoms with E-state index >= 15 is 0 Å².